The zero-order valence-corrected chi connectivity index (χ0v) is 16.2. The summed E-state index contributed by atoms with van der Waals surface area (Å²) >= 11 is 0. The number of halogens is 1. The third kappa shape index (κ3) is 3.64. The van der Waals surface area contributed by atoms with Gasteiger partial charge < -0.3 is 10.1 Å². The molecule has 142 valence electrons. The first-order valence-electron chi connectivity index (χ1n) is 8.91. The van der Waals surface area contributed by atoms with Crippen molar-refractivity contribution in [3.05, 3.63) is 78.9 Å². The summed E-state index contributed by atoms with van der Waals surface area (Å²) in [5, 5.41) is 3.96. The zero-order valence-electron chi connectivity index (χ0n) is 16.2. The second-order valence-corrected chi connectivity index (χ2v) is 6.05. The van der Waals surface area contributed by atoms with Crippen molar-refractivity contribution in [1.29, 1.82) is 0 Å². The van der Waals surface area contributed by atoms with Gasteiger partial charge in [0, 0.05) is 23.6 Å². The minimum Gasteiger partial charge on any atom is -0.494 e. The zero-order chi connectivity index (χ0) is 20.1. The minimum atomic E-state index is -0.282. The molecule has 0 unspecified atom stereocenters. The lowest BCUT2D eigenvalue weighted by atomic mass is 10.0. The topological polar surface area (TPSA) is 47.0 Å². The average Bonchev–Trinajstić information content (AvgIpc) is 2.73. The van der Waals surface area contributed by atoms with Crippen LogP contribution in [0.5, 0.6) is 5.75 Å². The summed E-state index contributed by atoms with van der Waals surface area (Å²) < 4.78 is 19.1. The number of nitrogens with zero attached hydrogens (tertiary/aromatic N) is 2. The van der Waals surface area contributed by atoms with Crippen LogP contribution in [-0.2, 0) is 0 Å². The number of ether oxygens (including phenoxy) is 1. The summed E-state index contributed by atoms with van der Waals surface area (Å²) in [7, 11) is 3.42. The Kier molecular flexibility index (Phi) is 5.84. The molecule has 0 atom stereocenters. The van der Waals surface area contributed by atoms with Gasteiger partial charge in [-0.05, 0) is 36.8 Å². The molecule has 0 amide bonds. The van der Waals surface area contributed by atoms with Gasteiger partial charge in [-0.3, -0.25) is 0 Å². The van der Waals surface area contributed by atoms with Crippen molar-refractivity contribution in [3.8, 4) is 16.9 Å². The summed E-state index contributed by atoms with van der Waals surface area (Å²) in [5.74, 6) is 1.56. The van der Waals surface area contributed by atoms with Crippen LogP contribution in [0.15, 0.2) is 67.3 Å². The van der Waals surface area contributed by atoms with Crippen LogP contribution >= 0.6 is 0 Å². The molecule has 5 heteroatoms. The molecule has 0 bridgehead atoms. The van der Waals surface area contributed by atoms with E-state index in [2.05, 4.69) is 16.9 Å². The fraction of sp³-hybridized carbons (Fsp3) is 0.130. The van der Waals surface area contributed by atoms with Crippen molar-refractivity contribution < 1.29 is 9.13 Å². The highest BCUT2D eigenvalue weighted by Gasteiger charge is 2.16. The van der Waals surface area contributed by atoms with E-state index in [1.165, 1.54) is 12.1 Å². The predicted octanol–water partition coefficient (Wildman–Crippen LogP) is 5.63. The maximum Gasteiger partial charge on any atom is 0.162 e. The van der Waals surface area contributed by atoms with Crippen LogP contribution in [0, 0.1) is 5.82 Å². The Morgan fingerprint density at radius 1 is 1.14 bits per heavy atom. The first-order valence-corrected chi connectivity index (χ1v) is 8.91. The van der Waals surface area contributed by atoms with Gasteiger partial charge in [-0.25, -0.2) is 14.4 Å². The van der Waals surface area contributed by atoms with E-state index in [1.807, 2.05) is 44.3 Å². The van der Waals surface area contributed by atoms with E-state index < -0.39 is 0 Å². The van der Waals surface area contributed by atoms with Crippen LogP contribution in [0.2, 0.25) is 0 Å². The van der Waals surface area contributed by atoms with Crippen molar-refractivity contribution in [1.82, 2.24) is 9.97 Å². The third-order valence-corrected chi connectivity index (χ3v) is 4.36. The molecule has 1 heterocycles. The van der Waals surface area contributed by atoms with E-state index >= 15 is 0 Å². The highest BCUT2D eigenvalue weighted by molar-refractivity contribution is 5.99. The quantitative estimate of drug-likeness (QED) is 0.567. The van der Waals surface area contributed by atoms with Gasteiger partial charge in [0.05, 0.1) is 7.11 Å². The lowest BCUT2D eigenvalue weighted by Crippen LogP contribution is -2.02. The summed E-state index contributed by atoms with van der Waals surface area (Å²) in [5.41, 5.74) is 3.15. The molecule has 4 nitrogen and oxygen atoms in total. The monoisotopic (exact) mass is 375 g/mol. The number of allylic oxidation sites excluding steroid dienone is 5. The number of hydrogen-bond donors (Lipinski definition) is 1. The van der Waals surface area contributed by atoms with E-state index in [4.69, 9.17) is 9.72 Å². The Hall–Kier alpha value is -3.47. The highest BCUT2D eigenvalue weighted by atomic mass is 19.1. The normalized spacial score (nSPS) is 11.8. The Bertz CT molecular complexity index is 1070. The lowest BCUT2D eigenvalue weighted by Gasteiger charge is -2.15. The molecule has 0 saturated heterocycles. The molecule has 2 aromatic carbocycles. The molecule has 0 radical (unpaired) electrons. The molecule has 28 heavy (non-hydrogen) atoms. The molecular formula is C23H22FN3O. The van der Waals surface area contributed by atoms with E-state index in [0.29, 0.717) is 22.9 Å². The summed E-state index contributed by atoms with van der Waals surface area (Å²) in [6.07, 6.45) is 7.47. The van der Waals surface area contributed by atoms with Crippen molar-refractivity contribution in [3.63, 3.8) is 0 Å². The van der Waals surface area contributed by atoms with Crippen LogP contribution in [0.25, 0.3) is 27.6 Å². The van der Waals surface area contributed by atoms with Gasteiger partial charge in [-0.1, -0.05) is 43.0 Å². The Balaban J connectivity index is 2.31. The van der Waals surface area contributed by atoms with Gasteiger partial charge >= 0.3 is 0 Å². The number of rotatable bonds is 6. The second kappa shape index (κ2) is 8.48. The molecule has 1 aromatic heterocycles. The fourth-order valence-corrected chi connectivity index (χ4v) is 2.99. The summed E-state index contributed by atoms with van der Waals surface area (Å²) in [4.78, 5) is 9.39. The van der Waals surface area contributed by atoms with Crippen LogP contribution in [-0.4, -0.2) is 24.1 Å². The largest absolute Gasteiger partial charge is 0.494 e. The van der Waals surface area contributed by atoms with Crippen LogP contribution in [0.1, 0.15) is 12.7 Å². The molecule has 0 aliphatic rings. The molecule has 1 N–H and O–H groups in total. The van der Waals surface area contributed by atoms with E-state index in [9.17, 15) is 4.39 Å². The average molecular weight is 375 g/mol. The number of nitrogens with one attached hydrogen (secondary N) is 1. The van der Waals surface area contributed by atoms with Crippen molar-refractivity contribution in [2.24, 2.45) is 0 Å². The summed E-state index contributed by atoms with van der Waals surface area (Å²) in [6.45, 7) is 5.81. The first kappa shape index (κ1) is 19.3. The number of methoxy groups -OCH3 is 1. The molecule has 0 saturated carbocycles. The number of benzene rings is 2. The Morgan fingerprint density at radius 2 is 1.89 bits per heavy atom. The summed E-state index contributed by atoms with van der Waals surface area (Å²) in [6, 6.07) is 10.2. The van der Waals surface area contributed by atoms with Crippen molar-refractivity contribution >= 4 is 22.3 Å². The second-order valence-electron chi connectivity index (χ2n) is 6.05. The first-order chi connectivity index (χ1) is 13.6. The van der Waals surface area contributed by atoms with Gasteiger partial charge in [-0.2, -0.15) is 0 Å². The molecular weight excluding hydrogens is 353 g/mol. The van der Waals surface area contributed by atoms with E-state index in [-0.39, 0.29) is 5.82 Å². The van der Waals surface area contributed by atoms with Crippen molar-refractivity contribution in [2.45, 2.75) is 6.92 Å². The number of fused-ring (bicyclic) bond motifs is 1. The van der Waals surface area contributed by atoms with Crippen LogP contribution in [0.4, 0.5) is 10.2 Å². The van der Waals surface area contributed by atoms with Gasteiger partial charge in [-0.15, -0.1) is 0 Å². The van der Waals surface area contributed by atoms with Gasteiger partial charge in [0.25, 0.3) is 0 Å². The Morgan fingerprint density at radius 3 is 2.50 bits per heavy atom. The fourth-order valence-electron chi connectivity index (χ4n) is 2.99. The molecule has 0 aliphatic heterocycles. The number of aromatic nitrogens is 2. The molecule has 3 rings (SSSR count). The van der Waals surface area contributed by atoms with Crippen LogP contribution < -0.4 is 10.1 Å². The van der Waals surface area contributed by atoms with E-state index in [1.54, 1.807) is 25.3 Å². The third-order valence-electron chi connectivity index (χ3n) is 4.36. The molecule has 0 aliphatic carbocycles. The van der Waals surface area contributed by atoms with Gasteiger partial charge in [0.15, 0.2) is 11.6 Å². The van der Waals surface area contributed by atoms with Crippen molar-refractivity contribution in [2.75, 3.05) is 19.5 Å². The molecule has 0 fully saturated rings. The van der Waals surface area contributed by atoms with Gasteiger partial charge in [0.1, 0.15) is 17.2 Å². The van der Waals surface area contributed by atoms with Gasteiger partial charge in [0.2, 0.25) is 0 Å². The maximum atomic E-state index is 13.3. The number of anilines is 1. The molecule has 0 spiro atoms. The SMILES string of the molecule is C=C/C(=C\C=C/C)c1nc(NC)c2ccc(-c3ccc(F)cc3)c(OC)c2n1. The molecule has 3 aromatic rings. The predicted molar refractivity (Wildman–Crippen MR) is 114 cm³/mol. The Labute approximate surface area is 164 Å². The smallest absolute Gasteiger partial charge is 0.162 e. The maximum absolute atomic E-state index is 13.3. The standard InChI is InChI=1S/C23H22FN3O/c1-5-7-8-15(6-2)22-26-20-19(23(25-3)27-22)14-13-18(21(20)28-4)16-9-11-17(24)12-10-16/h5-14H,2H2,1,3-4H3,(H,25,26,27)/b7-5-,15-8+. The van der Waals surface area contributed by atoms with Crippen LogP contribution in [0.3, 0.4) is 0 Å². The highest BCUT2D eigenvalue weighted by Crippen LogP contribution is 2.38. The lowest BCUT2D eigenvalue weighted by molar-refractivity contribution is 0.420. The van der Waals surface area contributed by atoms with E-state index in [0.717, 1.165) is 22.1 Å². The minimum absolute atomic E-state index is 0.282. The number of hydrogen-bond acceptors (Lipinski definition) is 4.